The van der Waals surface area contributed by atoms with Gasteiger partial charge < -0.3 is 10.0 Å². The fourth-order valence-electron chi connectivity index (χ4n) is 2.47. The van der Waals surface area contributed by atoms with Crippen LogP contribution in [0.4, 0.5) is 4.79 Å². The summed E-state index contributed by atoms with van der Waals surface area (Å²) in [5.74, 6) is -0.906. The second kappa shape index (κ2) is 5.35. The number of rotatable bonds is 2. The molecule has 2 aliphatic heterocycles. The van der Waals surface area contributed by atoms with Crippen molar-refractivity contribution in [1.29, 1.82) is 0 Å². The van der Waals surface area contributed by atoms with E-state index in [2.05, 4.69) is 5.43 Å². The van der Waals surface area contributed by atoms with E-state index in [4.69, 9.17) is 5.11 Å². The molecule has 2 fully saturated rings. The van der Waals surface area contributed by atoms with Gasteiger partial charge in [0.25, 0.3) is 0 Å². The highest BCUT2D eigenvalue weighted by molar-refractivity contribution is 5.83. The number of aliphatic carboxylic acids is 1. The van der Waals surface area contributed by atoms with Crippen molar-refractivity contribution in [3.8, 4) is 0 Å². The molecule has 0 aliphatic carbocycles. The molecule has 1 atom stereocenters. The van der Waals surface area contributed by atoms with Gasteiger partial charge in [0.05, 0.1) is 0 Å². The van der Waals surface area contributed by atoms with Gasteiger partial charge in [0.15, 0.2) is 0 Å². The molecule has 2 N–H and O–H groups in total. The average Bonchev–Trinajstić information content (AvgIpc) is 2.79. The van der Waals surface area contributed by atoms with E-state index < -0.39 is 12.0 Å². The topological polar surface area (TPSA) is 72.9 Å². The minimum atomic E-state index is -0.906. The van der Waals surface area contributed by atoms with Crippen molar-refractivity contribution >= 4 is 12.0 Å². The molecule has 0 radical (unpaired) electrons. The van der Waals surface area contributed by atoms with Gasteiger partial charge in [-0.2, -0.15) is 0 Å². The van der Waals surface area contributed by atoms with Gasteiger partial charge in [0.1, 0.15) is 6.04 Å². The molecule has 0 aromatic heterocycles. The molecule has 0 spiro atoms. The van der Waals surface area contributed by atoms with Gasteiger partial charge in [0, 0.05) is 19.6 Å². The number of carbonyl (C=O) groups is 2. The number of carboxylic acid groups (broad SMARTS) is 1. The first kappa shape index (κ1) is 12.2. The second-order valence-electron chi connectivity index (χ2n) is 4.65. The van der Waals surface area contributed by atoms with Crippen molar-refractivity contribution < 1.29 is 14.7 Å². The van der Waals surface area contributed by atoms with E-state index in [1.165, 1.54) is 11.3 Å². The minimum Gasteiger partial charge on any atom is -0.480 e. The Kier molecular flexibility index (Phi) is 3.83. The number of amides is 2. The van der Waals surface area contributed by atoms with Crippen LogP contribution in [0.5, 0.6) is 0 Å². The lowest BCUT2D eigenvalue weighted by molar-refractivity contribution is -0.141. The lowest BCUT2D eigenvalue weighted by atomic mass is 10.2. The quantitative estimate of drug-likeness (QED) is 0.744. The summed E-state index contributed by atoms with van der Waals surface area (Å²) >= 11 is 0. The van der Waals surface area contributed by atoms with E-state index in [1.54, 1.807) is 0 Å². The Morgan fingerprint density at radius 1 is 1.06 bits per heavy atom. The molecule has 2 rings (SSSR count). The Hall–Kier alpha value is -1.30. The molecule has 17 heavy (non-hydrogen) atoms. The zero-order valence-corrected chi connectivity index (χ0v) is 9.89. The molecule has 2 aliphatic rings. The van der Waals surface area contributed by atoms with Crippen LogP contribution < -0.4 is 5.43 Å². The van der Waals surface area contributed by atoms with Gasteiger partial charge in [-0.05, 0) is 25.7 Å². The maximum atomic E-state index is 11.9. The molecule has 0 saturated carbocycles. The first-order valence-corrected chi connectivity index (χ1v) is 6.23. The third-order valence-corrected chi connectivity index (χ3v) is 3.41. The van der Waals surface area contributed by atoms with Crippen molar-refractivity contribution in [2.24, 2.45) is 0 Å². The van der Waals surface area contributed by atoms with E-state index in [1.807, 2.05) is 5.01 Å². The maximum Gasteiger partial charge on any atom is 0.332 e. The van der Waals surface area contributed by atoms with Crippen LogP contribution in [-0.4, -0.2) is 52.7 Å². The standard InChI is InChI=1S/C11H19N3O3/c15-10(16)9-5-4-8-14(9)11(17)12-13-6-2-1-3-7-13/h9H,1-8H2,(H,12,17)(H,15,16). The lowest BCUT2D eigenvalue weighted by Crippen LogP contribution is -2.53. The van der Waals surface area contributed by atoms with Crippen molar-refractivity contribution in [2.45, 2.75) is 38.1 Å². The van der Waals surface area contributed by atoms with Gasteiger partial charge in [-0.1, -0.05) is 6.42 Å². The zero-order valence-electron chi connectivity index (χ0n) is 9.89. The van der Waals surface area contributed by atoms with Crippen molar-refractivity contribution in [2.75, 3.05) is 19.6 Å². The summed E-state index contributed by atoms with van der Waals surface area (Å²) in [7, 11) is 0. The minimum absolute atomic E-state index is 0.267. The summed E-state index contributed by atoms with van der Waals surface area (Å²) in [6.45, 7) is 2.26. The molecule has 0 aromatic rings. The number of likely N-dealkylation sites (tertiary alicyclic amines) is 1. The smallest absolute Gasteiger partial charge is 0.332 e. The highest BCUT2D eigenvalue weighted by Crippen LogP contribution is 2.17. The van der Waals surface area contributed by atoms with Crippen LogP contribution in [0, 0.1) is 0 Å². The number of hydrogen-bond acceptors (Lipinski definition) is 3. The van der Waals surface area contributed by atoms with Crippen LogP contribution in [-0.2, 0) is 4.79 Å². The molecule has 0 aromatic carbocycles. The van der Waals surface area contributed by atoms with E-state index >= 15 is 0 Å². The summed E-state index contributed by atoms with van der Waals surface area (Å²) in [5, 5.41) is 10.9. The maximum absolute atomic E-state index is 11.9. The summed E-state index contributed by atoms with van der Waals surface area (Å²) in [4.78, 5) is 24.3. The molecule has 6 nitrogen and oxygen atoms in total. The van der Waals surface area contributed by atoms with Crippen LogP contribution in [0.2, 0.25) is 0 Å². The Bertz CT molecular complexity index is 302. The zero-order chi connectivity index (χ0) is 12.3. The second-order valence-corrected chi connectivity index (χ2v) is 4.65. The number of carboxylic acids is 1. The van der Waals surface area contributed by atoms with Crippen molar-refractivity contribution in [3.63, 3.8) is 0 Å². The number of urea groups is 1. The van der Waals surface area contributed by atoms with Crippen molar-refractivity contribution in [3.05, 3.63) is 0 Å². The van der Waals surface area contributed by atoms with Crippen LogP contribution in [0.1, 0.15) is 32.1 Å². The first-order chi connectivity index (χ1) is 8.18. The molecular formula is C11H19N3O3. The van der Waals surface area contributed by atoms with E-state index in [-0.39, 0.29) is 6.03 Å². The molecule has 1 unspecified atom stereocenters. The van der Waals surface area contributed by atoms with Gasteiger partial charge >= 0.3 is 12.0 Å². The fourth-order valence-corrected chi connectivity index (χ4v) is 2.47. The Morgan fingerprint density at radius 3 is 2.41 bits per heavy atom. The Labute approximate surface area is 101 Å². The molecule has 96 valence electrons. The van der Waals surface area contributed by atoms with Crippen LogP contribution in [0.3, 0.4) is 0 Å². The van der Waals surface area contributed by atoms with Gasteiger partial charge in [0.2, 0.25) is 0 Å². The predicted octanol–water partition coefficient (Wildman–Crippen LogP) is 0.646. The fraction of sp³-hybridized carbons (Fsp3) is 0.818. The monoisotopic (exact) mass is 241 g/mol. The van der Waals surface area contributed by atoms with Gasteiger partial charge in [-0.15, -0.1) is 0 Å². The molecule has 2 saturated heterocycles. The van der Waals surface area contributed by atoms with Crippen LogP contribution in [0.15, 0.2) is 0 Å². The molecular weight excluding hydrogens is 222 g/mol. The Balaban J connectivity index is 1.88. The number of nitrogens with zero attached hydrogens (tertiary/aromatic N) is 2. The van der Waals surface area contributed by atoms with Crippen LogP contribution in [0.25, 0.3) is 0 Å². The highest BCUT2D eigenvalue weighted by Gasteiger charge is 2.34. The summed E-state index contributed by atoms with van der Waals surface area (Å²) in [6.07, 6.45) is 4.70. The van der Waals surface area contributed by atoms with E-state index in [0.29, 0.717) is 13.0 Å². The molecule has 6 heteroatoms. The number of piperidine rings is 1. The summed E-state index contributed by atoms with van der Waals surface area (Å²) < 4.78 is 0. The number of carbonyl (C=O) groups excluding carboxylic acids is 1. The predicted molar refractivity (Wildman–Crippen MR) is 61.3 cm³/mol. The summed E-state index contributed by atoms with van der Waals surface area (Å²) in [6, 6.07) is -0.920. The SMILES string of the molecule is O=C(O)C1CCCN1C(=O)NN1CCCCC1. The third kappa shape index (κ3) is 2.88. The van der Waals surface area contributed by atoms with Crippen LogP contribution >= 0.6 is 0 Å². The number of hydrogen-bond donors (Lipinski definition) is 2. The normalized spacial score (nSPS) is 25.9. The van der Waals surface area contributed by atoms with E-state index in [9.17, 15) is 9.59 Å². The Morgan fingerprint density at radius 2 is 1.76 bits per heavy atom. The third-order valence-electron chi connectivity index (χ3n) is 3.41. The molecule has 0 bridgehead atoms. The van der Waals surface area contributed by atoms with E-state index in [0.717, 1.165) is 32.4 Å². The number of hydrazine groups is 1. The molecule has 2 amide bonds. The molecule has 2 heterocycles. The first-order valence-electron chi connectivity index (χ1n) is 6.23. The number of nitrogens with one attached hydrogen (secondary N) is 1. The lowest BCUT2D eigenvalue weighted by Gasteiger charge is -2.30. The summed E-state index contributed by atoms with van der Waals surface area (Å²) in [5.41, 5.74) is 2.80. The largest absolute Gasteiger partial charge is 0.480 e. The van der Waals surface area contributed by atoms with Crippen molar-refractivity contribution in [1.82, 2.24) is 15.3 Å². The van der Waals surface area contributed by atoms with Gasteiger partial charge in [-0.3, -0.25) is 5.43 Å². The highest BCUT2D eigenvalue weighted by atomic mass is 16.4. The van der Waals surface area contributed by atoms with Gasteiger partial charge in [-0.25, -0.2) is 14.6 Å². The average molecular weight is 241 g/mol.